The summed E-state index contributed by atoms with van der Waals surface area (Å²) in [6.45, 7) is 4.55. The lowest BCUT2D eigenvalue weighted by Crippen LogP contribution is -2.28. The molecule has 2 N–H and O–H groups in total. The molecule has 2 heterocycles. The van der Waals surface area contributed by atoms with E-state index in [1.54, 1.807) is 23.5 Å². The van der Waals surface area contributed by atoms with Gasteiger partial charge in [-0.2, -0.15) is 0 Å². The highest BCUT2D eigenvalue weighted by Gasteiger charge is 2.23. The number of rotatable bonds is 3. The Morgan fingerprint density at radius 2 is 1.48 bits per heavy atom. The smallest absolute Gasteiger partial charge is 0.423 e. The molecule has 0 amide bonds. The van der Waals surface area contributed by atoms with Crippen molar-refractivity contribution in [2.45, 2.75) is 19.3 Å². The Kier molecular flexibility index (Phi) is 7.31. The van der Waals surface area contributed by atoms with E-state index in [1.165, 1.54) is 22.1 Å². The van der Waals surface area contributed by atoms with E-state index in [-0.39, 0.29) is 5.41 Å². The third kappa shape index (κ3) is 5.20. The first kappa shape index (κ1) is 28.1. The fourth-order valence-corrected chi connectivity index (χ4v) is 6.84. The van der Waals surface area contributed by atoms with E-state index < -0.39 is 7.12 Å². The monoisotopic (exact) mass is 589 g/mol. The Balaban J connectivity index is 1.47. The molecule has 3 nitrogen and oxygen atoms in total. The zero-order valence-corrected chi connectivity index (χ0v) is 25.5. The van der Waals surface area contributed by atoms with Crippen LogP contribution in [0.2, 0.25) is 0 Å². The van der Waals surface area contributed by atoms with Crippen LogP contribution in [0.15, 0.2) is 127 Å². The SMILES string of the molecule is CC1(C)/C=C/c2c(c3cc(-c4ccc5scccc(B(O)O)ccc5c4)ccc3n2-c2ccccc2)/C=C/c2ccccc21. The second-order valence-corrected chi connectivity index (χ2v) is 12.7. The van der Waals surface area contributed by atoms with Crippen molar-refractivity contribution in [1.82, 2.24) is 4.57 Å². The van der Waals surface area contributed by atoms with Crippen molar-refractivity contribution in [2.24, 2.45) is 0 Å². The minimum absolute atomic E-state index is 0.146. The number of nitrogens with zero attached hydrogens (tertiary/aromatic N) is 1. The highest BCUT2D eigenvalue weighted by molar-refractivity contribution is 7.16. The van der Waals surface area contributed by atoms with Gasteiger partial charge in [0.2, 0.25) is 0 Å². The summed E-state index contributed by atoms with van der Waals surface area (Å²) in [7, 11) is -1.52. The molecular weight excluding hydrogens is 557 g/mol. The molecule has 7 rings (SSSR count). The van der Waals surface area contributed by atoms with Crippen LogP contribution in [0.5, 0.6) is 0 Å². The molecule has 0 saturated carbocycles. The van der Waals surface area contributed by atoms with E-state index in [1.807, 2.05) is 17.5 Å². The van der Waals surface area contributed by atoms with E-state index >= 15 is 0 Å². The minimum Gasteiger partial charge on any atom is -0.423 e. The minimum atomic E-state index is -1.52. The highest BCUT2D eigenvalue weighted by atomic mass is 32.1. The molecule has 0 unspecified atom stereocenters. The number of fused-ring (bicyclic) bond motifs is 5. The number of aromatic nitrogens is 1. The van der Waals surface area contributed by atoms with E-state index in [9.17, 15) is 10.0 Å². The Morgan fingerprint density at radius 3 is 2.32 bits per heavy atom. The molecule has 0 aliphatic heterocycles. The van der Waals surface area contributed by atoms with Crippen LogP contribution in [-0.4, -0.2) is 21.7 Å². The summed E-state index contributed by atoms with van der Waals surface area (Å²) in [5.41, 5.74) is 9.68. The predicted molar refractivity (Wildman–Crippen MR) is 189 cm³/mol. The molecule has 1 aliphatic rings. The number of hydrogen-bond donors (Lipinski definition) is 2. The van der Waals surface area contributed by atoms with Gasteiger partial charge in [0.1, 0.15) is 0 Å². The number of benzene rings is 4. The van der Waals surface area contributed by atoms with Crippen LogP contribution in [-0.2, 0) is 5.41 Å². The molecule has 44 heavy (non-hydrogen) atoms. The molecule has 0 saturated heterocycles. The number of para-hydroxylation sites is 1. The van der Waals surface area contributed by atoms with Crippen molar-refractivity contribution in [3.63, 3.8) is 0 Å². The molecule has 1 aliphatic carbocycles. The third-order valence-electron chi connectivity index (χ3n) is 8.46. The first-order valence-corrected chi connectivity index (χ1v) is 15.7. The van der Waals surface area contributed by atoms with Crippen LogP contribution < -0.4 is 5.46 Å². The van der Waals surface area contributed by atoms with Crippen LogP contribution >= 0.6 is 11.3 Å². The lowest BCUT2D eigenvalue weighted by Gasteiger charge is -2.23. The van der Waals surface area contributed by atoms with Gasteiger partial charge in [-0.25, -0.2) is 0 Å². The van der Waals surface area contributed by atoms with E-state index in [4.69, 9.17) is 0 Å². The van der Waals surface area contributed by atoms with Gasteiger partial charge in [0.25, 0.3) is 0 Å². The zero-order valence-electron chi connectivity index (χ0n) is 24.7. The molecule has 4 aromatic carbocycles. The normalized spacial score (nSPS) is 14.9. The Morgan fingerprint density at radius 1 is 0.705 bits per heavy atom. The van der Waals surface area contributed by atoms with Gasteiger partial charge in [-0.3, -0.25) is 0 Å². The molecule has 0 spiro atoms. The van der Waals surface area contributed by atoms with Crippen molar-refractivity contribution in [3.8, 4) is 16.8 Å². The molecule has 0 bridgehead atoms. The van der Waals surface area contributed by atoms with Crippen molar-refractivity contribution >= 4 is 63.1 Å². The summed E-state index contributed by atoms with van der Waals surface area (Å²) in [6, 6.07) is 39.7. The van der Waals surface area contributed by atoms with E-state index in [0.29, 0.717) is 5.46 Å². The van der Waals surface area contributed by atoms with Crippen molar-refractivity contribution < 1.29 is 10.0 Å². The molecule has 2 aromatic heterocycles. The van der Waals surface area contributed by atoms with Crippen LogP contribution in [0.3, 0.4) is 0 Å². The van der Waals surface area contributed by atoms with E-state index in [0.717, 1.165) is 38.1 Å². The lowest BCUT2D eigenvalue weighted by molar-refractivity contribution is 0.426. The molecule has 5 heteroatoms. The lowest BCUT2D eigenvalue weighted by atomic mass is 9.81. The quantitative estimate of drug-likeness (QED) is 0.203. The number of hydrogen-bond acceptors (Lipinski definition) is 3. The first-order chi connectivity index (χ1) is 21.4. The Bertz CT molecular complexity index is 2130. The first-order valence-electron chi connectivity index (χ1n) is 14.8. The maximum Gasteiger partial charge on any atom is 0.488 e. The summed E-state index contributed by atoms with van der Waals surface area (Å²) in [6.07, 6.45) is 9.15. The molecule has 0 fully saturated rings. The van der Waals surface area contributed by atoms with Gasteiger partial charge in [0, 0.05) is 26.8 Å². The van der Waals surface area contributed by atoms with Gasteiger partial charge in [-0.1, -0.05) is 111 Å². The van der Waals surface area contributed by atoms with Gasteiger partial charge in [0.05, 0.1) is 11.2 Å². The zero-order chi connectivity index (χ0) is 30.3. The second-order valence-electron chi connectivity index (χ2n) is 11.8. The molecule has 6 aromatic rings. The molecule has 0 atom stereocenters. The summed E-state index contributed by atoms with van der Waals surface area (Å²) in [5.74, 6) is 0. The van der Waals surface area contributed by atoms with E-state index in [2.05, 4.69) is 134 Å². The molecule has 214 valence electrons. The van der Waals surface area contributed by atoms with Gasteiger partial charge in [-0.05, 0) is 81.0 Å². The maximum atomic E-state index is 9.77. The fraction of sp³-hybridized carbons (Fsp3) is 0.0769. The van der Waals surface area contributed by atoms with Crippen molar-refractivity contribution in [3.05, 3.63) is 149 Å². The van der Waals surface area contributed by atoms with Gasteiger partial charge >= 0.3 is 7.12 Å². The van der Waals surface area contributed by atoms with Crippen LogP contribution in [0.25, 0.3) is 56.0 Å². The second kappa shape index (κ2) is 11.4. The largest absolute Gasteiger partial charge is 0.488 e. The van der Waals surface area contributed by atoms with Crippen molar-refractivity contribution in [1.29, 1.82) is 0 Å². The molecular formula is C39H32BNO2S. The Labute approximate surface area is 262 Å². The standard InChI is InChI=1S/C39H32BNO2S/c1-39(2)23-22-37-33(19-15-27-9-6-7-13-35(27)39)34-26-29(16-20-36(34)41(37)32-11-4-3-5-12-32)28-17-21-38-30(25-28)14-18-31(40(42)43)10-8-24-44-38/h3-26,42-43H,1-2H3/b18-14?,19-15+,23-22+,24-8?,31-10?. The molecule has 0 radical (unpaired) electrons. The number of allylic oxidation sites excluding steroid dienone is 1. The topological polar surface area (TPSA) is 45.4 Å². The predicted octanol–water partition coefficient (Wildman–Crippen LogP) is 8.79. The van der Waals surface area contributed by atoms with Crippen LogP contribution in [0, 0.1) is 0 Å². The summed E-state index contributed by atoms with van der Waals surface area (Å²) in [5, 5.41) is 23.7. The average molecular weight is 590 g/mol. The van der Waals surface area contributed by atoms with Gasteiger partial charge in [-0.15, -0.1) is 11.3 Å². The van der Waals surface area contributed by atoms with Crippen molar-refractivity contribution in [2.75, 3.05) is 0 Å². The highest BCUT2D eigenvalue weighted by Crippen LogP contribution is 2.39. The fourth-order valence-electron chi connectivity index (χ4n) is 6.13. The maximum absolute atomic E-state index is 9.77. The van der Waals surface area contributed by atoms with Gasteiger partial charge in [0.15, 0.2) is 0 Å². The summed E-state index contributed by atoms with van der Waals surface area (Å²) < 4.78 is 3.47. The summed E-state index contributed by atoms with van der Waals surface area (Å²) in [4.78, 5) is 0. The van der Waals surface area contributed by atoms with Crippen LogP contribution in [0.4, 0.5) is 0 Å². The third-order valence-corrected chi connectivity index (χ3v) is 9.38. The van der Waals surface area contributed by atoms with Crippen LogP contribution in [0.1, 0.15) is 36.2 Å². The van der Waals surface area contributed by atoms with Gasteiger partial charge < -0.3 is 14.6 Å². The summed E-state index contributed by atoms with van der Waals surface area (Å²) >= 11 is 1.62. The average Bonchev–Trinajstić information content (AvgIpc) is 3.41. The Hall–Kier alpha value is -4.68.